The van der Waals surface area contributed by atoms with Crippen molar-refractivity contribution in [1.29, 1.82) is 0 Å². The largest absolute Gasteiger partial charge is 0.472 e. The Labute approximate surface area is 77.0 Å². The van der Waals surface area contributed by atoms with Gasteiger partial charge in [-0.3, -0.25) is 0 Å². The fraction of sp³-hybridized carbons (Fsp3) is 0.167. The molecule has 0 aliphatic heterocycles. The van der Waals surface area contributed by atoms with Crippen molar-refractivity contribution in [1.82, 2.24) is 0 Å². The molecule has 0 saturated heterocycles. The Hall–Kier alpha value is -1.50. The van der Waals surface area contributed by atoms with E-state index < -0.39 is 0 Å². The van der Waals surface area contributed by atoms with Gasteiger partial charge in [0.2, 0.25) is 0 Å². The maximum atomic E-state index is 5.22. The first kappa shape index (κ1) is 6.96. The molecule has 0 spiro atoms. The molecule has 0 saturated carbocycles. The number of hydrogen-bond donors (Lipinski definition) is 0. The second-order valence-corrected chi connectivity index (χ2v) is 3.47. The van der Waals surface area contributed by atoms with Crippen LogP contribution in [0.25, 0.3) is 11.1 Å². The third-order valence-electron chi connectivity index (χ3n) is 2.71. The Kier molecular flexibility index (Phi) is 1.33. The van der Waals surface area contributed by atoms with Crippen LogP contribution in [0, 0.1) is 0 Å². The summed E-state index contributed by atoms with van der Waals surface area (Å²) in [6.07, 6.45) is 5.98. The molecule has 3 rings (SSSR count). The zero-order valence-corrected chi connectivity index (χ0v) is 7.29. The molecule has 0 bridgehead atoms. The van der Waals surface area contributed by atoms with Crippen molar-refractivity contribution >= 4 is 0 Å². The normalized spacial score (nSPS) is 13.5. The van der Waals surface area contributed by atoms with Gasteiger partial charge in [-0.05, 0) is 29.5 Å². The van der Waals surface area contributed by atoms with Gasteiger partial charge >= 0.3 is 0 Å². The van der Waals surface area contributed by atoms with E-state index in [1.165, 1.54) is 22.3 Å². The standard InChI is InChI=1S/C12H10O/c1-2-4-11-9(3-1)5-6-10-7-13-8-12(10)11/h1-4,7-8H,5-6H2. The van der Waals surface area contributed by atoms with E-state index in [1.807, 2.05) is 12.5 Å². The number of benzene rings is 1. The molecular weight excluding hydrogens is 160 g/mol. The van der Waals surface area contributed by atoms with E-state index in [2.05, 4.69) is 24.3 Å². The lowest BCUT2D eigenvalue weighted by atomic mass is 9.89. The van der Waals surface area contributed by atoms with Crippen molar-refractivity contribution in [3.63, 3.8) is 0 Å². The molecule has 13 heavy (non-hydrogen) atoms. The van der Waals surface area contributed by atoms with Crippen molar-refractivity contribution in [2.45, 2.75) is 12.8 Å². The van der Waals surface area contributed by atoms with Crippen LogP contribution in [0.5, 0.6) is 0 Å². The first-order valence-corrected chi connectivity index (χ1v) is 4.58. The molecule has 64 valence electrons. The van der Waals surface area contributed by atoms with Gasteiger partial charge in [-0.25, -0.2) is 0 Å². The molecule has 0 radical (unpaired) electrons. The Bertz CT molecular complexity index is 440. The minimum atomic E-state index is 1.11. The quantitative estimate of drug-likeness (QED) is 0.592. The molecule has 1 aliphatic carbocycles. The summed E-state index contributed by atoms with van der Waals surface area (Å²) in [6, 6.07) is 8.55. The summed E-state index contributed by atoms with van der Waals surface area (Å²) in [5.74, 6) is 0. The highest BCUT2D eigenvalue weighted by Gasteiger charge is 2.16. The molecule has 0 atom stereocenters. The summed E-state index contributed by atoms with van der Waals surface area (Å²) >= 11 is 0. The number of aryl methyl sites for hydroxylation is 2. The lowest BCUT2D eigenvalue weighted by Gasteiger charge is -2.14. The topological polar surface area (TPSA) is 13.1 Å². The van der Waals surface area contributed by atoms with E-state index in [9.17, 15) is 0 Å². The van der Waals surface area contributed by atoms with Crippen LogP contribution in [-0.2, 0) is 12.8 Å². The second kappa shape index (κ2) is 2.49. The summed E-state index contributed by atoms with van der Waals surface area (Å²) in [4.78, 5) is 0. The van der Waals surface area contributed by atoms with Crippen LogP contribution in [0.4, 0.5) is 0 Å². The molecule has 1 heteroatoms. The summed E-state index contributed by atoms with van der Waals surface area (Å²) in [5.41, 5.74) is 5.41. The van der Waals surface area contributed by atoms with E-state index in [-0.39, 0.29) is 0 Å². The molecule has 1 aromatic heterocycles. The predicted octanol–water partition coefficient (Wildman–Crippen LogP) is 3.05. The van der Waals surface area contributed by atoms with Crippen LogP contribution < -0.4 is 0 Å². The third kappa shape index (κ3) is 0.934. The predicted molar refractivity (Wildman–Crippen MR) is 51.6 cm³/mol. The number of fused-ring (bicyclic) bond motifs is 3. The summed E-state index contributed by atoms with van der Waals surface area (Å²) in [5, 5.41) is 0. The highest BCUT2D eigenvalue weighted by atomic mass is 16.3. The highest BCUT2D eigenvalue weighted by molar-refractivity contribution is 5.71. The van der Waals surface area contributed by atoms with Crippen molar-refractivity contribution in [2.75, 3.05) is 0 Å². The minimum absolute atomic E-state index is 1.11. The van der Waals surface area contributed by atoms with Crippen LogP contribution in [0.3, 0.4) is 0 Å². The molecule has 1 nitrogen and oxygen atoms in total. The van der Waals surface area contributed by atoms with E-state index >= 15 is 0 Å². The molecule has 0 amide bonds. The van der Waals surface area contributed by atoms with Gasteiger partial charge in [-0.2, -0.15) is 0 Å². The Balaban J connectivity index is 2.30. The van der Waals surface area contributed by atoms with Crippen LogP contribution in [0.2, 0.25) is 0 Å². The van der Waals surface area contributed by atoms with Crippen LogP contribution >= 0.6 is 0 Å². The van der Waals surface area contributed by atoms with Gasteiger partial charge in [-0.1, -0.05) is 24.3 Å². The Morgan fingerprint density at radius 3 is 2.69 bits per heavy atom. The summed E-state index contributed by atoms with van der Waals surface area (Å²) < 4.78 is 5.22. The Morgan fingerprint density at radius 2 is 1.69 bits per heavy atom. The smallest absolute Gasteiger partial charge is 0.0983 e. The van der Waals surface area contributed by atoms with Gasteiger partial charge < -0.3 is 4.42 Å². The zero-order valence-electron chi connectivity index (χ0n) is 7.29. The molecule has 1 heterocycles. The third-order valence-corrected chi connectivity index (χ3v) is 2.71. The fourth-order valence-corrected chi connectivity index (χ4v) is 2.02. The van der Waals surface area contributed by atoms with Gasteiger partial charge in [0, 0.05) is 5.56 Å². The Morgan fingerprint density at radius 1 is 0.846 bits per heavy atom. The SMILES string of the molecule is c1ccc2c(c1)CCc1cocc1-2. The molecule has 1 aliphatic rings. The van der Waals surface area contributed by atoms with E-state index in [4.69, 9.17) is 4.42 Å². The van der Waals surface area contributed by atoms with Crippen molar-refractivity contribution in [3.8, 4) is 11.1 Å². The van der Waals surface area contributed by atoms with E-state index in [0.717, 1.165) is 12.8 Å². The monoisotopic (exact) mass is 170 g/mol. The summed E-state index contributed by atoms with van der Waals surface area (Å²) in [6.45, 7) is 0. The van der Waals surface area contributed by atoms with Crippen LogP contribution in [0.1, 0.15) is 11.1 Å². The summed E-state index contributed by atoms with van der Waals surface area (Å²) in [7, 11) is 0. The first-order chi connectivity index (χ1) is 6.45. The first-order valence-electron chi connectivity index (χ1n) is 4.58. The highest BCUT2D eigenvalue weighted by Crippen LogP contribution is 2.33. The van der Waals surface area contributed by atoms with Gasteiger partial charge in [0.25, 0.3) is 0 Å². The van der Waals surface area contributed by atoms with Crippen LogP contribution in [-0.4, -0.2) is 0 Å². The second-order valence-electron chi connectivity index (χ2n) is 3.47. The van der Waals surface area contributed by atoms with Crippen molar-refractivity contribution < 1.29 is 4.42 Å². The lowest BCUT2D eigenvalue weighted by Crippen LogP contribution is -2.00. The zero-order chi connectivity index (χ0) is 8.67. The fourth-order valence-electron chi connectivity index (χ4n) is 2.02. The molecule has 1 aromatic carbocycles. The number of furan rings is 1. The molecule has 2 aromatic rings. The average molecular weight is 170 g/mol. The molecule has 0 N–H and O–H groups in total. The average Bonchev–Trinajstić information content (AvgIpc) is 2.65. The van der Waals surface area contributed by atoms with E-state index in [1.54, 1.807) is 0 Å². The lowest BCUT2D eigenvalue weighted by molar-refractivity contribution is 0.565. The molecule has 0 unspecified atom stereocenters. The maximum Gasteiger partial charge on any atom is 0.0983 e. The van der Waals surface area contributed by atoms with Gasteiger partial charge in [-0.15, -0.1) is 0 Å². The maximum absolute atomic E-state index is 5.22. The van der Waals surface area contributed by atoms with Gasteiger partial charge in [0.15, 0.2) is 0 Å². The number of rotatable bonds is 0. The molecule has 0 fully saturated rings. The number of hydrogen-bond acceptors (Lipinski definition) is 1. The van der Waals surface area contributed by atoms with Gasteiger partial charge in [0.1, 0.15) is 0 Å². The van der Waals surface area contributed by atoms with Crippen molar-refractivity contribution in [3.05, 3.63) is 47.9 Å². The van der Waals surface area contributed by atoms with Gasteiger partial charge in [0.05, 0.1) is 12.5 Å². The van der Waals surface area contributed by atoms with Crippen molar-refractivity contribution in [2.24, 2.45) is 0 Å². The minimum Gasteiger partial charge on any atom is -0.472 e. The molecular formula is C12H10O. The van der Waals surface area contributed by atoms with E-state index in [0.29, 0.717) is 0 Å². The van der Waals surface area contributed by atoms with Crippen LogP contribution in [0.15, 0.2) is 41.2 Å².